The molecule has 1 aromatic carbocycles. The number of ether oxygens (including phenoxy) is 1. The van der Waals surface area contributed by atoms with Gasteiger partial charge in [0, 0.05) is 30.9 Å². The van der Waals surface area contributed by atoms with Crippen molar-refractivity contribution in [3.63, 3.8) is 0 Å². The third-order valence-electron chi connectivity index (χ3n) is 4.62. The normalized spacial score (nSPS) is 23.5. The fraction of sp³-hybridized carbons (Fsp3) is 0.556. The highest BCUT2D eigenvalue weighted by atomic mass is 35.5. The second-order valence-electron chi connectivity index (χ2n) is 6.43. The molecule has 0 spiro atoms. The summed E-state index contributed by atoms with van der Waals surface area (Å²) in [5.41, 5.74) is 1.26. The Morgan fingerprint density at radius 1 is 1.24 bits per heavy atom. The van der Waals surface area contributed by atoms with E-state index in [9.17, 15) is 9.59 Å². The Morgan fingerprint density at radius 2 is 2.00 bits per heavy atom. The van der Waals surface area contributed by atoms with Crippen LogP contribution in [-0.4, -0.2) is 55.1 Å². The van der Waals surface area contributed by atoms with Crippen LogP contribution in [0.2, 0.25) is 0 Å². The van der Waals surface area contributed by atoms with Gasteiger partial charge in [0.05, 0.1) is 12.7 Å². The molecule has 2 saturated heterocycles. The number of amides is 2. The smallest absolute Gasteiger partial charge is 0.253 e. The number of hydrogen-bond acceptors (Lipinski definition) is 4. The van der Waals surface area contributed by atoms with Crippen LogP contribution in [0.4, 0.5) is 5.69 Å². The van der Waals surface area contributed by atoms with Gasteiger partial charge >= 0.3 is 0 Å². The second kappa shape index (κ2) is 9.17. The summed E-state index contributed by atoms with van der Waals surface area (Å²) in [5, 5.41) is 6.05. The van der Waals surface area contributed by atoms with E-state index in [0.29, 0.717) is 24.4 Å². The molecule has 2 heterocycles. The lowest BCUT2D eigenvalue weighted by molar-refractivity contribution is -0.123. The topological polar surface area (TPSA) is 70.7 Å². The van der Waals surface area contributed by atoms with Crippen molar-refractivity contribution in [2.24, 2.45) is 0 Å². The summed E-state index contributed by atoms with van der Waals surface area (Å²) < 4.78 is 5.51. The van der Waals surface area contributed by atoms with Crippen LogP contribution in [0.15, 0.2) is 24.3 Å². The predicted octanol–water partition coefficient (Wildman–Crippen LogP) is 2.05. The van der Waals surface area contributed by atoms with Crippen LogP contribution in [0.1, 0.15) is 36.5 Å². The third kappa shape index (κ3) is 4.93. The molecule has 2 fully saturated rings. The molecular weight excluding hydrogens is 342 g/mol. The molecule has 3 rings (SSSR count). The lowest BCUT2D eigenvalue weighted by atomic mass is 10.1. The van der Waals surface area contributed by atoms with E-state index < -0.39 is 0 Å². The number of hydrogen-bond donors (Lipinski definition) is 2. The first-order valence-electron chi connectivity index (χ1n) is 8.70. The van der Waals surface area contributed by atoms with E-state index in [1.165, 1.54) is 6.42 Å². The van der Waals surface area contributed by atoms with E-state index in [4.69, 9.17) is 4.74 Å². The highest BCUT2D eigenvalue weighted by Crippen LogP contribution is 2.17. The quantitative estimate of drug-likeness (QED) is 0.857. The molecule has 7 heteroatoms. The Labute approximate surface area is 154 Å². The highest BCUT2D eigenvalue weighted by Gasteiger charge is 2.28. The van der Waals surface area contributed by atoms with E-state index in [1.54, 1.807) is 24.3 Å². The van der Waals surface area contributed by atoms with Crippen molar-refractivity contribution in [3.8, 4) is 0 Å². The molecule has 2 amide bonds. The van der Waals surface area contributed by atoms with Crippen LogP contribution in [0, 0.1) is 0 Å². The average molecular weight is 368 g/mol. The van der Waals surface area contributed by atoms with Gasteiger partial charge in [-0.05, 0) is 44.4 Å². The molecule has 2 aliphatic heterocycles. The van der Waals surface area contributed by atoms with E-state index in [1.807, 2.05) is 11.8 Å². The molecule has 0 aliphatic carbocycles. The molecule has 2 atom stereocenters. The summed E-state index contributed by atoms with van der Waals surface area (Å²) in [6, 6.07) is 6.79. The summed E-state index contributed by atoms with van der Waals surface area (Å²) >= 11 is 0. The van der Waals surface area contributed by atoms with Gasteiger partial charge in [-0.1, -0.05) is 6.07 Å². The minimum absolute atomic E-state index is 0. The molecule has 2 aliphatic rings. The van der Waals surface area contributed by atoms with Crippen molar-refractivity contribution < 1.29 is 14.3 Å². The Morgan fingerprint density at radius 3 is 2.72 bits per heavy atom. The zero-order chi connectivity index (χ0) is 16.9. The van der Waals surface area contributed by atoms with E-state index in [2.05, 4.69) is 10.6 Å². The number of likely N-dealkylation sites (tertiary alicyclic amines) is 1. The molecule has 0 aromatic heterocycles. The van der Waals surface area contributed by atoms with E-state index >= 15 is 0 Å². The predicted molar refractivity (Wildman–Crippen MR) is 99.3 cm³/mol. The van der Waals surface area contributed by atoms with E-state index in [0.717, 1.165) is 25.9 Å². The number of piperidine rings is 1. The van der Waals surface area contributed by atoms with Crippen molar-refractivity contribution in [1.82, 2.24) is 10.2 Å². The Hall–Kier alpha value is -1.63. The number of nitrogens with one attached hydrogen (secondary N) is 2. The maximum absolute atomic E-state index is 12.6. The zero-order valence-electron chi connectivity index (χ0n) is 14.5. The molecule has 2 N–H and O–H groups in total. The molecule has 0 radical (unpaired) electrons. The van der Waals surface area contributed by atoms with Gasteiger partial charge in [0.15, 0.2) is 0 Å². The fourth-order valence-corrected chi connectivity index (χ4v) is 3.26. The fourth-order valence-electron chi connectivity index (χ4n) is 3.26. The Bertz CT molecular complexity index is 605. The monoisotopic (exact) mass is 367 g/mol. The van der Waals surface area contributed by atoms with E-state index in [-0.39, 0.29) is 36.4 Å². The number of anilines is 1. The van der Waals surface area contributed by atoms with Crippen molar-refractivity contribution in [2.45, 2.75) is 38.3 Å². The summed E-state index contributed by atoms with van der Waals surface area (Å²) in [6.07, 6.45) is 3.15. The molecule has 1 aromatic rings. The van der Waals surface area contributed by atoms with Crippen LogP contribution in [0.5, 0.6) is 0 Å². The van der Waals surface area contributed by atoms with Crippen molar-refractivity contribution in [2.75, 3.05) is 31.6 Å². The number of halogens is 1. The van der Waals surface area contributed by atoms with Crippen LogP contribution in [0.3, 0.4) is 0 Å². The van der Waals surface area contributed by atoms with Gasteiger partial charge in [-0.25, -0.2) is 0 Å². The van der Waals surface area contributed by atoms with Crippen LogP contribution >= 0.6 is 12.4 Å². The Balaban J connectivity index is 0.00000225. The molecule has 0 saturated carbocycles. The molecular formula is C18H26ClN3O3. The third-order valence-corrected chi connectivity index (χ3v) is 4.62. The van der Waals surface area contributed by atoms with Gasteiger partial charge in [0.25, 0.3) is 5.91 Å². The van der Waals surface area contributed by atoms with Gasteiger partial charge in [0.2, 0.25) is 5.91 Å². The SMILES string of the molecule is C[C@H]1OCCN[C@@H]1C(=O)Nc1cccc(C(=O)N2CCCCC2)c1.Cl. The van der Waals surface area contributed by atoms with Crippen LogP contribution in [-0.2, 0) is 9.53 Å². The molecule has 0 unspecified atom stereocenters. The maximum Gasteiger partial charge on any atom is 0.253 e. The van der Waals surface area contributed by atoms with Crippen molar-refractivity contribution in [3.05, 3.63) is 29.8 Å². The van der Waals surface area contributed by atoms with Gasteiger partial charge < -0.3 is 20.3 Å². The molecule has 25 heavy (non-hydrogen) atoms. The number of morpholine rings is 1. The first kappa shape index (κ1) is 19.7. The van der Waals surface area contributed by atoms with Crippen molar-refractivity contribution >= 4 is 29.9 Å². The Kier molecular flexibility index (Phi) is 7.23. The second-order valence-corrected chi connectivity index (χ2v) is 6.43. The minimum atomic E-state index is -0.375. The number of benzene rings is 1. The van der Waals surface area contributed by atoms with Gasteiger partial charge in [-0.15, -0.1) is 12.4 Å². The average Bonchev–Trinajstić information content (AvgIpc) is 2.62. The summed E-state index contributed by atoms with van der Waals surface area (Å²) in [6.45, 7) is 4.79. The van der Waals surface area contributed by atoms with Crippen molar-refractivity contribution in [1.29, 1.82) is 0 Å². The van der Waals surface area contributed by atoms with Crippen LogP contribution < -0.4 is 10.6 Å². The first-order valence-corrected chi connectivity index (χ1v) is 8.70. The largest absolute Gasteiger partial charge is 0.375 e. The lowest BCUT2D eigenvalue weighted by Gasteiger charge is -2.29. The first-order chi connectivity index (χ1) is 11.6. The van der Waals surface area contributed by atoms with Crippen LogP contribution in [0.25, 0.3) is 0 Å². The maximum atomic E-state index is 12.6. The number of nitrogens with zero attached hydrogens (tertiary/aromatic N) is 1. The summed E-state index contributed by atoms with van der Waals surface area (Å²) in [5.74, 6) is -0.0944. The zero-order valence-corrected chi connectivity index (χ0v) is 15.3. The summed E-state index contributed by atoms with van der Waals surface area (Å²) in [7, 11) is 0. The number of carbonyl (C=O) groups excluding carboxylic acids is 2. The molecule has 6 nitrogen and oxygen atoms in total. The number of carbonyl (C=O) groups is 2. The molecule has 138 valence electrons. The van der Waals surface area contributed by atoms with Gasteiger partial charge in [-0.2, -0.15) is 0 Å². The molecule has 0 bridgehead atoms. The lowest BCUT2D eigenvalue weighted by Crippen LogP contribution is -2.53. The van der Waals surface area contributed by atoms with Gasteiger partial charge in [-0.3, -0.25) is 9.59 Å². The standard InChI is InChI=1S/C18H25N3O3.ClH/c1-13-16(19-8-11-24-13)17(22)20-15-7-5-6-14(12-15)18(23)21-9-3-2-4-10-21;/h5-7,12-13,16,19H,2-4,8-11H2,1H3,(H,20,22);1H/t13-,16+;/m1./s1. The van der Waals surface area contributed by atoms with Gasteiger partial charge in [0.1, 0.15) is 6.04 Å². The summed E-state index contributed by atoms with van der Waals surface area (Å²) in [4.78, 5) is 26.9. The minimum Gasteiger partial charge on any atom is -0.375 e. The number of rotatable bonds is 3. The highest BCUT2D eigenvalue weighted by molar-refractivity contribution is 5.98.